The van der Waals surface area contributed by atoms with Gasteiger partial charge in [-0.2, -0.15) is 0 Å². The summed E-state index contributed by atoms with van der Waals surface area (Å²) in [6.45, 7) is 7.99. The zero-order chi connectivity index (χ0) is 14.4. The highest BCUT2D eigenvalue weighted by Gasteiger charge is 2.10. The first-order valence-electron chi connectivity index (χ1n) is 6.95. The molecule has 0 saturated heterocycles. The van der Waals surface area contributed by atoms with Gasteiger partial charge in [-0.05, 0) is 57.1 Å². The minimum atomic E-state index is 0.0405. The zero-order valence-electron chi connectivity index (χ0n) is 12.8. The summed E-state index contributed by atoms with van der Waals surface area (Å²) in [5, 5.41) is 3.00. The minimum Gasteiger partial charge on any atom is -0.352 e. The van der Waals surface area contributed by atoms with Crippen LogP contribution < -0.4 is 5.32 Å². The van der Waals surface area contributed by atoms with E-state index < -0.39 is 0 Å². The highest BCUT2D eigenvalue weighted by atomic mass is 16.1. The standard InChI is InChI=1S/C16H26N2O/c1-12(2)14-8-7-13(3)15(11-14)16(19)17-9-6-10-18(4)5/h7-8,11-12H,6,9-10H2,1-5H3,(H,17,19). The van der Waals surface area contributed by atoms with E-state index in [2.05, 4.69) is 30.1 Å². The molecule has 106 valence electrons. The van der Waals surface area contributed by atoms with Gasteiger partial charge in [-0.1, -0.05) is 26.0 Å². The molecule has 3 nitrogen and oxygen atoms in total. The highest BCUT2D eigenvalue weighted by molar-refractivity contribution is 5.95. The fraction of sp³-hybridized carbons (Fsp3) is 0.562. The number of rotatable bonds is 6. The van der Waals surface area contributed by atoms with Crippen LogP contribution in [0.5, 0.6) is 0 Å². The summed E-state index contributed by atoms with van der Waals surface area (Å²) in [5.41, 5.74) is 3.05. The summed E-state index contributed by atoms with van der Waals surface area (Å²) < 4.78 is 0. The lowest BCUT2D eigenvalue weighted by atomic mass is 9.97. The van der Waals surface area contributed by atoms with E-state index in [4.69, 9.17) is 0 Å². The molecule has 1 rings (SSSR count). The second kappa shape index (κ2) is 7.29. The van der Waals surface area contributed by atoms with Crippen molar-refractivity contribution in [2.45, 2.75) is 33.1 Å². The molecule has 0 fully saturated rings. The molecule has 1 aromatic rings. The lowest BCUT2D eigenvalue weighted by Gasteiger charge is -2.13. The van der Waals surface area contributed by atoms with Crippen LogP contribution >= 0.6 is 0 Å². The van der Waals surface area contributed by atoms with Crippen LogP contribution in [0.2, 0.25) is 0 Å². The van der Waals surface area contributed by atoms with Gasteiger partial charge in [-0.25, -0.2) is 0 Å². The Morgan fingerprint density at radius 1 is 1.32 bits per heavy atom. The molecule has 0 spiro atoms. The summed E-state index contributed by atoms with van der Waals surface area (Å²) in [6.07, 6.45) is 0.974. The Labute approximate surface area is 117 Å². The predicted molar refractivity (Wildman–Crippen MR) is 80.8 cm³/mol. The van der Waals surface area contributed by atoms with Crippen LogP contribution in [0, 0.1) is 6.92 Å². The molecule has 0 aromatic heterocycles. The Morgan fingerprint density at radius 2 is 2.00 bits per heavy atom. The van der Waals surface area contributed by atoms with Crippen LogP contribution in [-0.2, 0) is 0 Å². The zero-order valence-corrected chi connectivity index (χ0v) is 12.8. The van der Waals surface area contributed by atoms with Crippen molar-refractivity contribution in [3.63, 3.8) is 0 Å². The summed E-state index contributed by atoms with van der Waals surface area (Å²) in [6, 6.07) is 6.15. The molecular weight excluding hydrogens is 236 g/mol. The lowest BCUT2D eigenvalue weighted by molar-refractivity contribution is 0.0951. The second-order valence-electron chi connectivity index (χ2n) is 5.64. The van der Waals surface area contributed by atoms with Gasteiger partial charge < -0.3 is 10.2 Å². The van der Waals surface area contributed by atoms with Crippen molar-refractivity contribution in [3.8, 4) is 0 Å². The number of nitrogens with one attached hydrogen (secondary N) is 1. The van der Waals surface area contributed by atoms with Crippen molar-refractivity contribution in [2.24, 2.45) is 0 Å². The number of aryl methyl sites for hydroxylation is 1. The normalized spacial score (nSPS) is 11.1. The summed E-state index contributed by atoms with van der Waals surface area (Å²) in [4.78, 5) is 14.3. The van der Waals surface area contributed by atoms with Crippen molar-refractivity contribution in [1.82, 2.24) is 10.2 Å². The van der Waals surface area contributed by atoms with Crippen LogP contribution in [-0.4, -0.2) is 38.0 Å². The summed E-state index contributed by atoms with van der Waals surface area (Å²) in [7, 11) is 4.08. The van der Waals surface area contributed by atoms with E-state index in [1.165, 1.54) is 5.56 Å². The highest BCUT2D eigenvalue weighted by Crippen LogP contribution is 2.18. The fourth-order valence-electron chi connectivity index (χ4n) is 1.94. The molecule has 0 unspecified atom stereocenters. The van der Waals surface area contributed by atoms with Gasteiger partial charge in [0.2, 0.25) is 0 Å². The first-order chi connectivity index (χ1) is 8.91. The average molecular weight is 262 g/mol. The first-order valence-corrected chi connectivity index (χ1v) is 6.95. The van der Waals surface area contributed by atoms with Crippen LogP contribution in [0.1, 0.15) is 47.7 Å². The third-order valence-electron chi connectivity index (χ3n) is 3.24. The molecule has 0 atom stereocenters. The number of hydrogen-bond donors (Lipinski definition) is 1. The van der Waals surface area contributed by atoms with Crippen molar-refractivity contribution >= 4 is 5.91 Å². The molecule has 1 N–H and O–H groups in total. The Morgan fingerprint density at radius 3 is 2.58 bits per heavy atom. The van der Waals surface area contributed by atoms with Gasteiger partial charge in [0.15, 0.2) is 0 Å². The molecule has 0 heterocycles. The Bertz CT molecular complexity index is 425. The maximum Gasteiger partial charge on any atom is 0.251 e. The van der Waals surface area contributed by atoms with E-state index in [1.54, 1.807) is 0 Å². The Balaban J connectivity index is 2.63. The van der Waals surface area contributed by atoms with E-state index in [-0.39, 0.29) is 5.91 Å². The van der Waals surface area contributed by atoms with Crippen LogP contribution in [0.15, 0.2) is 18.2 Å². The number of carbonyl (C=O) groups excluding carboxylic acids is 1. The molecule has 1 amide bonds. The van der Waals surface area contributed by atoms with Gasteiger partial charge in [0, 0.05) is 12.1 Å². The molecular formula is C16H26N2O. The van der Waals surface area contributed by atoms with Gasteiger partial charge in [-0.3, -0.25) is 4.79 Å². The Hall–Kier alpha value is -1.35. The van der Waals surface area contributed by atoms with E-state index in [1.807, 2.05) is 33.2 Å². The molecule has 0 aliphatic heterocycles. The second-order valence-corrected chi connectivity index (χ2v) is 5.64. The van der Waals surface area contributed by atoms with E-state index in [9.17, 15) is 4.79 Å². The average Bonchev–Trinajstić information content (AvgIpc) is 2.34. The van der Waals surface area contributed by atoms with E-state index in [0.717, 1.165) is 30.6 Å². The van der Waals surface area contributed by atoms with Crippen molar-refractivity contribution in [3.05, 3.63) is 34.9 Å². The van der Waals surface area contributed by atoms with E-state index in [0.29, 0.717) is 5.92 Å². The monoisotopic (exact) mass is 262 g/mol. The third kappa shape index (κ3) is 5.03. The summed E-state index contributed by atoms with van der Waals surface area (Å²) in [5.74, 6) is 0.486. The maximum atomic E-state index is 12.2. The fourth-order valence-corrected chi connectivity index (χ4v) is 1.94. The quantitative estimate of drug-likeness (QED) is 0.800. The van der Waals surface area contributed by atoms with Crippen molar-refractivity contribution < 1.29 is 4.79 Å². The van der Waals surface area contributed by atoms with Gasteiger partial charge in [-0.15, -0.1) is 0 Å². The van der Waals surface area contributed by atoms with Crippen LogP contribution in [0.3, 0.4) is 0 Å². The molecule has 0 aliphatic carbocycles. The Kier molecular flexibility index (Phi) is 6.03. The van der Waals surface area contributed by atoms with Crippen molar-refractivity contribution in [2.75, 3.05) is 27.2 Å². The number of benzene rings is 1. The maximum absolute atomic E-state index is 12.2. The van der Waals surface area contributed by atoms with Crippen molar-refractivity contribution in [1.29, 1.82) is 0 Å². The topological polar surface area (TPSA) is 32.3 Å². The predicted octanol–water partition coefficient (Wildman–Crippen LogP) is 2.80. The van der Waals surface area contributed by atoms with Crippen LogP contribution in [0.25, 0.3) is 0 Å². The molecule has 0 aliphatic rings. The van der Waals surface area contributed by atoms with Gasteiger partial charge in [0.05, 0.1) is 0 Å². The van der Waals surface area contributed by atoms with Crippen LogP contribution in [0.4, 0.5) is 0 Å². The third-order valence-corrected chi connectivity index (χ3v) is 3.24. The van der Waals surface area contributed by atoms with Gasteiger partial charge in [0.1, 0.15) is 0 Å². The van der Waals surface area contributed by atoms with Gasteiger partial charge >= 0.3 is 0 Å². The smallest absolute Gasteiger partial charge is 0.251 e. The molecule has 0 bridgehead atoms. The van der Waals surface area contributed by atoms with Gasteiger partial charge in [0.25, 0.3) is 5.91 Å². The largest absolute Gasteiger partial charge is 0.352 e. The lowest BCUT2D eigenvalue weighted by Crippen LogP contribution is -2.27. The number of hydrogen-bond acceptors (Lipinski definition) is 2. The molecule has 0 saturated carbocycles. The van der Waals surface area contributed by atoms with E-state index >= 15 is 0 Å². The molecule has 19 heavy (non-hydrogen) atoms. The molecule has 1 aromatic carbocycles. The number of amides is 1. The summed E-state index contributed by atoms with van der Waals surface area (Å²) >= 11 is 0. The molecule has 0 radical (unpaired) electrons. The number of carbonyl (C=O) groups is 1. The number of nitrogens with zero attached hydrogens (tertiary/aromatic N) is 1. The minimum absolute atomic E-state index is 0.0405. The SMILES string of the molecule is Cc1ccc(C(C)C)cc1C(=O)NCCCN(C)C. The molecule has 3 heteroatoms. The first kappa shape index (κ1) is 15.7.